The number of hydrogen-bond acceptors (Lipinski definition) is 4. The second kappa shape index (κ2) is 7.84. The average molecular weight is 319 g/mol. The fraction of sp³-hybridized carbons (Fsp3) is 0.353. The maximum absolute atomic E-state index is 12.2. The van der Waals surface area contributed by atoms with Crippen LogP contribution >= 0.6 is 11.3 Å². The number of nitrogens with one attached hydrogen (secondary N) is 1. The Morgan fingerprint density at radius 3 is 2.73 bits per heavy atom. The third-order valence-corrected chi connectivity index (χ3v) is 4.23. The molecule has 0 saturated heterocycles. The molecule has 0 radical (unpaired) electrons. The fourth-order valence-electron chi connectivity index (χ4n) is 2.30. The van der Waals surface area contributed by atoms with Crippen molar-refractivity contribution in [2.45, 2.75) is 25.8 Å². The van der Waals surface area contributed by atoms with E-state index in [2.05, 4.69) is 11.4 Å². The lowest BCUT2D eigenvalue weighted by Crippen LogP contribution is -2.35. The molecule has 22 heavy (non-hydrogen) atoms. The highest BCUT2D eigenvalue weighted by Crippen LogP contribution is 2.24. The molecule has 0 spiro atoms. The molecule has 1 aromatic heterocycles. The van der Waals surface area contributed by atoms with Gasteiger partial charge in [-0.1, -0.05) is 6.07 Å². The summed E-state index contributed by atoms with van der Waals surface area (Å²) < 4.78 is 10.5. The quantitative estimate of drug-likeness (QED) is 0.853. The molecule has 1 aromatic carbocycles. The van der Waals surface area contributed by atoms with Crippen molar-refractivity contribution in [3.05, 3.63) is 46.2 Å². The van der Waals surface area contributed by atoms with E-state index in [1.807, 2.05) is 36.6 Å². The van der Waals surface area contributed by atoms with Gasteiger partial charge in [0.1, 0.15) is 11.5 Å². The molecule has 1 amide bonds. The Balaban J connectivity index is 1.96. The highest BCUT2D eigenvalue weighted by molar-refractivity contribution is 7.09. The highest BCUT2D eigenvalue weighted by Gasteiger charge is 2.13. The number of rotatable bonds is 7. The first-order chi connectivity index (χ1) is 10.6. The number of carbonyl (C=O) groups is 1. The van der Waals surface area contributed by atoms with Gasteiger partial charge in [0.25, 0.3) is 0 Å². The van der Waals surface area contributed by atoms with Gasteiger partial charge in [0, 0.05) is 22.9 Å². The number of benzene rings is 1. The van der Waals surface area contributed by atoms with E-state index in [9.17, 15) is 4.79 Å². The Morgan fingerprint density at radius 1 is 1.27 bits per heavy atom. The van der Waals surface area contributed by atoms with E-state index in [0.29, 0.717) is 5.75 Å². The first kappa shape index (κ1) is 16.4. The summed E-state index contributed by atoms with van der Waals surface area (Å²) in [4.78, 5) is 13.5. The molecule has 0 aliphatic heterocycles. The zero-order valence-electron chi connectivity index (χ0n) is 13.1. The largest absolute Gasteiger partial charge is 0.497 e. The second-order valence-electron chi connectivity index (χ2n) is 5.11. The van der Waals surface area contributed by atoms with Crippen molar-refractivity contribution in [3.63, 3.8) is 0 Å². The maximum atomic E-state index is 12.2. The van der Waals surface area contributed by atoms with Gasteiger partial charge in [0.05, 0.1) is 20.6 Å². The summed E-state index contributed by atoms with van der Waals surface area (Å²) in [7, 11) is 3.21. The Labute approximate surface area is 135 Å². The zero-order valence-corrected chi connectivity index (χ0v) is 13.9. The van der Waals surface area contributed by atoms with Crippen molar-refractivity contribution < 1.29 is 14.3 Å². The number of carbonyl (C=O) groups excluding carboxylic acids is 1. The molecule has 0 saturated carbocycles. The third-order valence-electron chi connectivity index (χ3n) is 3.33. The first-order valence-electron chi connectivity index (χ1n) is 7.15. The van der Waals surface area contributed by atoms with Crippen LogP contribution in [0.3, 0.4) is 0 Å². The van der Waals surface area contributed by atoms with E-state index in [0.717, 1.165) is 17.7 Å². The number of hydrogen-bond donors (Lipinski definition) is 1. The van der Waals surface area contributed by atoms with E-state index in [1.54, 1.807) is 25.6 Å². The minimum atomic E-state index is -0.0180. The Bertz CT molecular complexity index is 610. The molecule has 1 heterocycles. The van der Waals surface area contributed by atoms with E-state index >= 15 is 0 Å². The standard InChI is InChI=1S/C17H21NO3S/c1-12(9-15-5-4-8-22-15)18-17(19)11-13-10-14(20-2)6-7-16(13)21-3/h4-8,10,12H,9,11H2,1-3H3,(H,18,19). The van der Waals surface area contributed by atoms with Crippen LogP contribution in [0.25, 0.3) is 0 Å². The molecule has 2 rings (SSSR count). The summed E-state index contributed by atoms with van der Waals surface area (Å²) in [6, 6.07) is 9.68. The average Bonchev–Trinajstić information content (AvgIpc) is 2.99. The SMILES string of the molecule is COc1ccc(OC)c(CC(=O)NC(C)Cc2cccs2)c1. The van der Waals surface area contributed by atoms with Gasteiger partial charge in [0.2, 0.25) is 5.91 Å². The smallest absolute Gasteiger partial charge is 0.224 e. The summed E-state index contributed by atoms with van der Waals surface area (Å²) in [5.74, 6) is 1.40. The third kappa shape index (κ3) is 4.49. The molecule has 0 bridgehead atoms. The van der Waals surface area contributed by atoms with Gasteiger partial charge in [-0.05, 0) is 36.6 Å². The van der Waals surface area contributed by atoms with E-state index in [1.165, 1.54) is 4.88 Å². The summed E-state index contributed by atoms with van der Waals surface area (Å²) in [6.07, 6.45) is 1.12. The number of thiophene rings is 1. The van der Waals surface area contributed by atoms with Gasteiger partial charge in [0.15, 0.2) is 0 Å². The molecule has 0 aliphatic carbocycles. The van der Waals surface area contributed by atoms with E-state index in [-0.39, 0.29) is 18.4 Å². The van der Waals surface area contributed by atoms with Crippen molar-refractivity contribution in [3.8, 4) is 11.5 Å². The van der Waals surface area contributed by atoms with E-state index in [4.69, 9.17) is 9.47 Å². The number of ether oxygens (including phenoxy) is 2. The predicted octanol–water partition coefficient (Wildman–Crippen LogP) is 3.06. The summed E-state index contributed by atoms with van der Waals surface area (Å²) in [5, 5.41) is 5.07. The minimum Gasteiger partial charge on any atom is -0.497 e. The minimum absolute atomic E-state index is 0.0180. The molecule has 0 aliphatic rings. The highest BCUT2D eigenvalue weighted by atomic mass is 32.1. The van der Waals surface area contributed by atoms with Crippen molar-refractivity contribution >= 4 is 17.2 Å². The van der Waals surface area contributed by atoms with Crippen LogP contribution in [0.5, 0.6) is 11.5 Å². The van der Waals surface area contributed by atoms with Crippen molar-refractivity contribution in [2.75, 3.05) is 14.2 Å². The van der Waals surface area contributed by atoms with Crippen LogP contribution < -0.4 is 14.8 Å². The fourth-order valence-corrected chi connectivity index (χ4v) is 3.14. The molecule has 2 aromatic rings. The number of amides is 1. The van der Waals surface area contributed by atoms with Crippen molar-refractivity contribution in [2.24, 2.45) is 0 Å². The van der Waals surface area contributed by atoms with Gasteiger partial charge < -0.3 is 14.8 Å². The lowest BCUT2D eigenvalue weighted by Gasteiger charge is -2.14. The van der Waals surface area contributed by atoms with Gasteiger partial charge in [-0.25, -0.2) is 0 Å². The molecule has 0 fully saturated rings. The van der Waals surface area contributed by atoms with Crippen LogP contribution in [0, 0.1) is 0 Å². The van der Waals surface area contributed by atoms with Gasteiger partial charge in [-0.3, -0.25) is 4.79 Å². The topological polar surface area (TPSA) is 47.6 Å². The van der Waals surface area contributed by atoms with Crippen LogP contribution in [0.2, 0.25) is 0 Å². The van der Waals surface area contributed by atoms with Crippen LogP contribution in [0.4, 0.5) is 0 Å². The number of methoxy groups -OCH3 is 2. The van der Waals surface area contributed by atoms with Gasteiger partial charge in [-0.15, -0.1) is 11.3 Å². The Kier molecular flexibility index (Phi) is 5.83. The van der Waals surface area contributed by atoms with Gasteiger partial charge in [-0.2, -0.15) is 0 Å². The summed E-state index contributed by atoms with van der Waals surface area (Å²) >= 11 is 1.71. The van der Waals surface area contributed by atoms with Crippen LogP contribution in [0.15, 0.2) is 35.7 Å². The summed E-state index contributed by atoms with van der Waals surface area (Å²) in [6.45, 7) is 2.01. The van der Waals surface area contributed by atoms with E-state index < -0.39 is 0 Å². The molecule has 4 nitrogen and oxygen atoms in total. The van der Waals surface area contributed by atoms with Gasteiger partial charge >= 0.3 is 0 Å². The van der Waals surface area contributed by atoms with Crippen LogP contribution in [-0.4, -0.2) is 26.2 Å². The van der Waals surface area contributed by atoms with Crippen molar-refractivity contribution in [1.82, 2.24) is 5.32 Å². The first-order valence-corrected chi connectivity index (χ1v) is 8.03. The molecular formula is C17H21NO3S. The Hall–Kier alpha value is -2.01. The normalized spacial score (nSPS) is 11.8. The molecule has 5 heteroatoms. The predicted molar refractivity (Wildman–Crippen MR) is 88.9 cm³/mol. The molecule has 1 unspecified atom stereocenters. The summed E-state index contributed by atoms with van der Waals surface area (Å²) in [5.41, 5.74) is 0.822. The molecule has 118 valence electrons. The molecular weight excluding hydrogens is 298 g/mol. The second-order valence-corrected chi connectivity index (χ2v) is 6.14. The van der Waals surface area contributed by atoms with Crippen LogP contribution in [-0.2, 0) is 17.6 Å². The lowest BCUT2D eigenvalue weighted by atomic mass is 10.1. The molecule has 1 N–H and O–H groups in total. The lowest BCUT2D eigenvalue weighted by molar-refractivity contribution is -0.121. The molecule has 1 atom stereocenters. The van der Waals surface area contributed by atoms with Crippen LogP contribution in [0.1, 0.15) is 17.4 Å². The van der Waals surface area contributed by atoms with Crippen molar-refractivity contribution in [1.29, 1.82) is 0 Å². The Morgan fingerprint density at radius 2 is 2.09 bits per heavy atom. The maximum Gasteiger partial charge on any atom is 0.224 e. The zero-order chi connectivity index (χ0) is 15.9. The monoisotopic (exact) mass is 319 g/mol.